The number of hydrogen-bond acceptors (Lipinski definition) is 6. The standard InChI is InChI=1S/C13H27N3O4/c1-12(2,3)19-10(17)9(15)8(7-14)16-11(18)20-13(4,5)6/h8-9H,7,14-15H2,1-6H3,(H,16,18). The number of rotatable bonds is 4. The Morgan fingerprint density at radius 1 is 1.05 bits per heavy atom. The van der Waals surface area contributed by atoms with Crippen LogP contribution in [0.2, 0.25) is 0 Å². The zero-order valence-corrected chi connectivity index (χ0v) is 13.1. The molecule has 7 heteroatoms. The highest BCUT2D eigenvalue weighted by Crippen LogP contribution is 2.10. The molecule has 2 atom stereocenters. The third-order valence-corrected chi connectivity index (χ3v) is 2.07. The van der Waals surface area contributed by atoms with Gasteiger partial charge in [0, 0.05) is 6.54 Å². The molecule has 118 valence electrons. The van der Waals surface area contributed by atoms with Crippen LogP contribution in [0.1, 0.15) is 41.5 Å². The lowest BCUT2D eigenvalue weighted by Crippen LogP contribution is -2.57. The molecule has 0 fully saturated rings. The second kappa shape index (κ2) is 6.90. The van der Waals surface area contributed by atoms with E-state index < -0.39 is 35.3 Å². The highest BCUT2D eigenvalue weighted by atomic mass is 16.6. The van der Waals surface area contributed by atoms with E-state index in [1.807, 2.05) is 0 Å². The van der Waals surface area contributed by atoms with Gasteiger partial charge >= 0.3 is 12.1 Å². The number of nitrogens with one attached hydrogen (secondary N) is 1. The molecule has 0 aliphatic rings. The van der Waals surface area contributed by atoms with E-state index in [1.54, 1.807) is 41.5 Å². The Morgan fingerprint density at radius 3 is 1.85 bits per heavy atom. The van der Waals surface area contributed by atoms with Crippen LogP contribution in [0, 0.1) is 0 Å². The molecule has 0 aromatic rings. The van der Waals surface area contributed by atoms with Crippen LogP contribution in [0.3, 0.4) is 0 Å². The van der Waals surface area contributed by atoms with Crippen LogP contribution in [0.15, 0.2) is 0 Å². The summed E-state index contributed by atoms with van der Waals surface area (Å²) < 4.78 is 10.2. The maximum Gasteiger partial charge on any atom is 0.407 e. The minimum atomic E-state index is -1.05. The van der Waals surface area contributed by atoms with Gasteiger partial charge in [0.15, 0.2) is 0 Å². The summed E-state index contributed by atoms with van der Waals surface area (Å²) in [7, 11) is 0. The van der Waals surface area contributed by atoms with Gasteiger partial charge in [-0.25, -0.2) is 4.79 Å². The molecule has 1 amide bonds. The molecular formula is C13H27N3O4. The monoisotopic (exact) mass is 289 g/mol. The molecule has 0 aliphatic carbocycles. The molecule has 0 bridgehead atoms. The highest BCUT2D eigenvalue weighted by Gasteiger charge is 2.30. The van der Waals surface area contributed by atoms with Gasteiger partial charge in [0.25, 0.3) is 0 Å². The zero-order valence-electron chi connectivity index (χ0n) is 13.1. The molecule has 0 aliphatic heterocycles. The van der Waals surface area contributed by atoms with Crippen LogP contribution in [0.5, 0.6) is 0 Å². The third kappa shape index (κ3) is 7.96. The largest absolute Gasteiger partial charge is 0.459 e. The van der Waals surface area contributed by atoms with Gasteiger partial charge in [-0.1, -0.05) is 0 Å². The van der Waals surface area contributed by atoms with Gasteiger partial charge in [-0.3, -0.25) is 4.79 Å². The summed E-state index contributed by atoms with van der Waals surface area (Å²) in [6.07, 6.45) is -0.674. The first-order chi connectivity index (χ1) is 8.85. The molecule has 5 N–H and O–H groups in total. The number of amides is 1. The molecule has 0 radical (unpaired) electrons. The number of carbonyl (C=O) groups is 2. The van der Waals surface area contributed by atoms with Crippen molar-refractivity contribution in [3.05, 3.63) is 0 Å². The van der Waals surface area contributed by atoms with E-state index in [2.05, 4.69) is 5.32 Å². The van der Waals surface area contributed by atoms with Crippen LogP contribution < -0.4 is 16.8 Å². The Kier molecular flexibility index (Phi) is 6.43. The topological polar surface area (TPSA) is 117 Å². The van der Waals surface area contributed by atoms with Crippen molar-refractivity contribution in [3.8, 4) is 0 Å². The number of esters is 1. The quantitative estimate of drug-likeness (QED) is 0.649. The molecule has 0 rings (SSSR count). The molecule has 20 heavy (non-hydrogen) atoms. The number of hydrogen-bond donors (Lipinski definition) is 3. The predicted octanol–water partition coefficient (Wildman–Crippen LogP) is 0.507. The minimum Gasteiger partial charge on any atom is -0.459 e. The average Bonchev–Trinajstić information content (AvgIpc) is 2.19. The summed E-state index contributed by atoms with van der Waals surface area (Å²) >= 11 is 0. The Bertz CT molecular complexity index is 345. The van der Waals surface area contributed by atoms with E-state index in [4.69, 9.17) is 20.9 Å². The fourth-order valence-corrected chi connectivity index (χ4v) is 1.29. The van der Waals surface area contributed by atoms with Crippen LogP contribution in [-0.2, 0) is 14.3 Å². The Labute approximate surface area is 120 Å². The van der Waals surface area contributed by atoms with E-state index in [9.17, 15) is 9.59 Å². The summed E-state index contributed by atoms with van der Waals surface area (Å²) in [4.78, 5) is 23.5. The lowest BCUT2D eigenvalue weighted by molar-refractivity contribution is -0.157. The van der Waals surface area contributed by atoms with E-state index in [0.717, 1.165) is 0 Å². The molecule has 0 saturated heterocycles. The summed E-state index contributed by atoms with van der Waals surface area (Å²) in [5, 5.41) is 2.48. The third-order valence-electron chi connectivity index (χ3n) is 2.07. The van der Waals surface area contributed by atoms with Gasteiger partial charge in [-0.05, 0) is 41.5 Å². The Hall–Kier alpha value is -1.34. The van der Waals surface area contributed by atoms with E-state index in [-0.39, 0.29) is 6.54 Å². The van der Waals surface area contributed by atoms with Crippen LogP contribution >= 0.6 is 0 Å². The lowest BCUT2D eigenvalue weighted by atomic mass is 10.1. The van der Waals surface area contributed by atoms with E-state index >= 15 is 0 Å². The molecule has 0 spiro atoms. The summed E-state index contributed by atoms with van der Waals surface area (Å²) in [6.45, 7) is 10.4. The molecule has 0 aromatic carbocycles. The van der Waals surface area contributed by atoms with Crippen molar-refractivity contribution in [2.24, 2.45) is 11.5 Å². The SMILES string of the molecule is CC(C)(C)OC(=O)NC(CN)C(N)C(=O)OC(C)(C)C. The average molecular weight is 289 g/mol. The Morgan fingerprint density at radius 2 is 1.50 bits per heavy atom. The number of carbonyl (C=O) groups excluding carboxylic acids is 2. The van der Waals surface area contributed by atoms with Crippen molar-refractivity contribution in [2.45, 2.75) is 64.8 Å². The number of ether oxygens (including phenoxy) is 2. The molecule has 7 nitrogen and oxygen atoms in total. The van der Waals surface area contributed by atoms with Gasteiger partial charge in [-0.2, -0.15) is 0 Å². The first-order valence-corrected chi connectivity index (χ1v) is 6.54. The van der Waals surface area contributed by atoms with E-state index in [1.165, 1.54) is 0 Å². The Balaban J connectivity index is 4.60. The summed E-state index contributed by atoms with van der Waals surface area (Å²) in [5.74, 6) is -0.621. The van der Waals surface area contributed by atoms with Crippen molar-refractivity contribution in [2.75, 3.05) is 6.54 Å². The predicted molar refractivity (Wildman–Crippen MR) is 76.0 cm³/mol. The highest BCUT2D eigenvalue weighted by molar-refractivity contribution is 5.78. The van der Waals surface area contributed by atoms with Crippen molar-refractivity contribution < 1.29 is 19.1 Å². The fourth-order valence-electron chi connectivity index (χ4n) is 1.29. The maximum absolute atomic E-state index is 11.8. The summed E-state index contributed by atoms with van der Waals surface area (Å²) in [5.41, 5.74) is 10.0. The van der Waals surface area contributed by atoms with Crippen molar-refractivity contribution in [1.82, 2.24) is 5.32 Å². The van der Waals surface area contributed by atoms with Gasteiger partial charge in [0.05, 0.1) is 6.04 Å². The lowest BCUT2D eigenvalue weighted by Gasteiger charge is -2.27. The number of alkyl carbamates (subject to hydrolysis) is 1. The van der Waals surface area contributed by atoms with Crippen LogP contribution in [0.25, 0.3) is 0 Å². The van der Waals surface area contributed by atoms with Crippen LogP contribution in [-0.4, -0.2) is 41.9 Å². The normalized spacial score (nSPS) is 15.2. The smallest absolute Gasteiger partial charge is 0.407 e. The molecule has 0 aromatic heterocycles. The second-order valence-electron chi connectivity index (χ2n) is 6.55. The number of nitrogens with two attached hydrogens (primary N) is 2. The molecule has 0 saturated carbocycles. The molecule has 0 heterocycles. The van der Waals surface area contributed by atoms with E-state index in [0.29, 0.717) is 0 Å². The summed E-state index contributed by atoms with van der Waals surface area (Å²) in [6, 6.07) is -1.80. The van der Waals surface area contributed by atoms with Crippen molar-refractivity contribution in [3.63, 3.8) is 0 Å². The fraction of sp³-hybridized carbons (Fsp3) is 0.846. The second-order valence-corrected chi connectivity index (χ2v) is 6.55. The maximum atomic E-state index is 11.8. The van der Waals surface area contributed by atoms with Gasteiger partial charge in [0.2, 0.25) is 0 Å². The minimum absolute atomic E-state index is 0.000345. The first kappa shape index (κ1) is 18.7. The van der Waals surface area contributed by atoms with Gasteiger partial charge in [0.1, 0.15) is 17.2 Å². The van der Waals surface area contributed by atoms with Crippen LogP contribution in [0.4, 0.5) is 4.79 Å². The van der Waals surface area contributed by atoms with Gasteiger partial charge < -0.3 is 26.3 Å². The zero-order chi connectivity index (χ0) is 16.1. The molecule has 2 unspecified atom stereocenters. The van der Waals surface area contributed by atoms with Crippen molar-refractivity contribution >= 4 is 12.1 Å². The van der Waals surface area contributed by atoms with Gasteiger partial charge in [-0.15, -0.1) is 0 Å². The van der Waals surface area contributed by atoms with Crippen molar-refractivity contribution in [1.29, 1.82) is 0 Å². The molecular weight excluding hydrogens is 262 g/mol. The first-order valence-electron chi connectivity index (χ1n) is 6.54.